The van der Waals surface area contributed by atoms with Crippen LogP contribution in [0.15, 0.2) is 24.3 Å². The lowest BCUT2D eigenvalue weighted by Crippen LogP contribution is -2.59. The minimum absolute atomic E-state index is 0.00797. The number of nitrogens with zero attached hydrogens (tertiary/aromatic N) is 6. The molecule has 2 radical (unpaired) electrons. The molecular weight excluding hydrogens is 1660 g/mol. The fourth-order valence-electron chi connectivity index (χ4n) is 14.5. The van der Waals surface area contributed by atoms with Crippen LogP contribution in [0.5, 0.6) is 0 Å². The standard InChI is InChI=1S/C66H107BN10O33P6/c1-68-26-7-14-47-21-23-48(24-22-47)44-49(71-61(81)50-15-9-30-73(50)63(83)52-17-11-32-75(52)65(85)54-19-13-34-77(54)66(86)55-20-12-33-76(55)64(84)53-18-10-31-74(53)62(82)51-16-8-29-72(51)2)60(80)70-28-37-100-39-41-102-43-42-101-40-38-99-36-25-59(79)69-27-5-3-4-6-35-103-111(87,88)106-113(91,92)108-115(95,96)110-116(97,98)109-114(93,94)107-112(89,90)104-46-57-56(78)45-58(67)105-57/h21-24,49-58,68,78H,3-6,8-13,15-20,25-46H2,1-2H3,(H,69,79)(H,70,80)(H,71,81)(H,87,88)(H,89,90)(H,91,92)(H,93,94)(H,95,96)(H,97,98)/p-6/t49?,50?,51?,52?,53?,54?,55?,56-,57+,58+/m1/s1. The minimum atomic E-state index is -6.91. The lowest BCUT2D eigenvalue weighted by atomic mass is 9.96. The van der Waals surface area contributed by atoms with Gasteiger partial charge in [-0.3, -0.25) is 70.6 Å². The molecular formula is C66H101BN10O33P6-6. The third-order valence-corrected chi connectivity index (χ3v) is 28.8. The highest BCUT2D eigenvalue weighted by molar-refractivity contribution is 7.71. The summed E-state index contributed by atoms with van der Waals surface area (Å²) in [5.41, 5.74) is 1.49. The van der Waals surface area contributed by atoms with Gasteiger partial charge in [-0.05, 0) is 135 Å². The van der Waals surface area contributed by atoms with Gasteiger partial charge in [0.1, 0.15) is 50.2 Å². The third kappa shape index (κ3) is 30.6. The lowest BCUT2D eigenvalue weighted by Gasteiger charge is -2.38. The Morgan fingerprint density at radius 2 is 0.931 bits per heavy atom. The van der Waals surface area contributed by atoms with Crippen molar-refractivity contribution in [1.82, 2.24) is 50.7 Å². The Morgan fingerprint density at radius 3 is 1.39 bits per heavy atom. The van der Waals surface area contributed by atoms with Gasteiger partial charge in [-0.1, -0.05) is 36.8 Å². The number of phosphoric acid groups is 6. The number of nitrogens with one attached hydrogen (secondary N) is 4. The molecule has 0 bridgehead atoms. The Bertz CT molecular complexity index is 3880. The van der Waals surface area contributed by atoms with E-state index in [1.165, 1.54) is 4.90 Å². The molecule has 50 heteroatoms. The van der Waals surface area contributed by atoms with E-state index in [1.54, 1.807) is 26.6 Å². The summed E-state index contributed by atoms with van der Waals surface area (Å²) in [6, 6.07) is 0.836. The van der Waals surface area contributed by atoms with Crippen molar-refractivity contribution in [3.8, 4) is 11.8 Å². The SMILES string of the molecule is [B][C@@H]1C[C@@H](O)[C@H](COP(=O)([O-])OP(=O)([O-])OP(=O)([O-])OP(=O)([O-])OP(=O)([O-])OP(=O)([O-])OCCCCCCNC(=O)CCOCCOCCOCCOCCNC(=O)C(Cc2ccc(C#CCNC)cc2)NC(=O)C2CCCN2C(=O)C2CCCN2C(=O)C2CCCN2C(=O)C2CCCN2C(=O)C2CCCN2C(=O)C2CCCN2C)O1. The number of aliphatic hydroxyl groups excluding tert-OH is 1. The van der Waals surface area contributed by atoms with Crippen LogP contribution in [0.1, 0.15) is 127 Å². The van der Waals surface area contributed by atoms with Crippen molar-refractivity contribution < 1.29 is 154 Å². The molecule has 7 aliphatic heterocycles. The Balaban J connectivity index is 0.663. The third-order valence-electron chi connectivity index (χ3n) is 19.9. The number of rotatable bonds is 47. The summed E-state index contributed by atoms with van der Waals surface area (Å²) < 4.78 is 124. The highest BCUT2D eigenvalue weighted by atomic mass is 31.3. The molecule has 7 aliphatic rings. The number of likely N-dealkylation sites (tertiary alicyclic amines) is 6. The molecule has 0 aliphatic carbocycles. The van der Waals surface area contributed by atoms with Gasteiger partial charge in [0.2, 0.25) is 47.3 Å². The molecule has 16 atom stereocenters. The summed E-state index contributed by atoms with van der Waals surface area (Å²) in [6.45, 7) is 2.80. The van der Waals surface area contributed by atoms with Crippen LogP contribution in [-0.2, 0) is 126 Å². The van der Waals surface area contributed by atoms with Gasteiger partial charge >= 0.3 is 0 Å². The number of likely N-dealkylation sites (N-methyl/N-ethyl adjacent to an activating group) is 1. The van der Waals surface area contributed by atoms with E-state index in [9.17, 15) is 100 Å². The molecule has 43 nitrogen and oxygen atoms in total. The maximum Gasteiger partial charge on any atom is 0.280 e. The van der Waals surface area contributed by atoms with Gasteiger partial charge in [0.25, 0.3) is 46.9 Å². The van der Waals surface area contributed by atoms with Crippen LogP contribution in [0.25, 0.3) is 0 Å². The number of aliphatic hydroxyl groups is 1. The number of hydrogen-bond acceptors (Lipinski definition) is 35. The fraction of sp³-hybridized carbons (Fsp3) is 0.758. The summed E-state index contributed by atoms with van der Waals surface area (Å²) in [5.74, 6) is 3.42. The van der Waals surface area contributed by atoms with Gasteiger partial charge in [0.15, 0.2) is 0 Å². The maximum absolute atomic E-state index is 14.7. The largest absolute Gasteiger partial charge is 0.756 e. The highest BCUT2D eigenvalue weighted by Gasteiger charge is 2.50. The Labute approximate surface area is 673 Å². The van der Waals surface area contributed by atoms with Crippen molar-refractivity contribution >= 4 is 102 Å². The molecule has 116 heavy (non-hydrogen) atoms. The number of benzene rings is 1. The number of amides is 8. The van der Waals surface area contributed by atoms with Gasteiger partial charge in [0.05, 0.1) is 84.8 Å². The molecule has 652 valence electrons. The smallest absolute Gasteiger partial charge is 0.280 e. The van der Waals surface area contributed by atoms with Gasteiger partial charge in [0, 0.05) is 70.2 Å². The first-order chi connectivity index (χ1) is 55.0. The second kappa shape index (κ2) is 45.9. The van der Waals surface area contributed by atoms with Crippen LogP contribution in [-0.4, -0.2) is 289 Å². The normalized spacial score (nSPS) is 25.8. The van der Waals surface area contributed by atoms with Crippen molar-refractivity contribution in [2.45, 2.75) is 182 Å². The number of phosphoric ester groups is 2. The van der Waals surface area contributed by atoms with Crippen LogP contribution in [0.2, 0.25) is 0 Å². The number of carbonyl (C=O) groups excluding carboxylic acids is 8. The van der Waals surface area contributed by atoms with E-state index in [2.05, 4.69) is 63.7 Å². The van der Waals surface area contributed by atoms with E-state index >= 15 is 0 Å². The van der Waals surface area contributed by atoms with Crippen molar-refractivity contribution in [2.75, 3.05) is 139 Å². The molecule has 0 aromatic heterocycles. The first-order valence-corrected chi connectivity index (χ1v) is 47.2. The average Bonchev–Trinajstić information content (AvgIpc) is 1.65. The fourth-order valence-corrected chi connectivity index (χ4v) is 22.0. The van der Waals surface area contributed by atoms with E-state index in [4.69, 9.17) is 31.5 Å². The van der Waals surface area contributed by atoms with Crippen LogP contribution >= 0.6 is 46.9 Å². The minimum Gasteiger partial charge on any atom is -0.756 e. The summed E-state index contributed by atoms with van der Waals surface area (Å²) >= 11 is 0. The topological polar surface area (TPSA) is 576 Å². The second-order valence-electron chi connectivity index (χ2n) is 28.4. The van der Waals surface area contributed by atoms with Gasteiger partial charge in [-0.2, -0.15) is 0 Å². The molecule has 8 rings (SSSR count). The summed E-state index contributed by atoms with van der Waals surface area (Å²) in [5, 5.41) is 21.1. The van der Waals surface area contributed by atoms with E-state index in [-0.39, 0.29) is 153 Å². The molecule has 8 amide bonds. The van der Waals surface area contributed by atoms with Crippen molar-refractivity contribution in [3.05, 3.63) is 35.4 Å². The molecule has 7 fully saturated rings. The summed E-state index contributed by atoms with van der Waals surface area (Å²) in [6.07, 6.45) is 4.70. The average molecular weight is 1760 g/mol. The Morgan fingerprint density at radius 1 is 0.517 bits per heavy atom. The zero-order valence-corrected chi connectivity index (χ0v) is 69.8. The zero-order valence-electron chi connectivity index (χ0n) is 64.4. The molecule has 5 N–H and O–H groups in total. The van der Waals surface area contributed by atoms with Crippen molar-refractivity contribution in [3.63, 3.8) is 0 Å². The Kier molecular flexibility index (Phi) is 38.2. The Hall–Kier alpha value is -4.86. The number of unbranched alkanes of at least 4 members (excludes halogenated alkanes) is 3. The quantitative estimate of drug-likeness (QED) is 0.0190. The zero-order chi connectivity index (χ0) is 84.4. The molecule has 0 saturated carbocycles. The predicted molar refractivity (Wildman–Crippen MR) is 393 cm³/mol. The summed E-state index contributed by atoms with van der Waals surface area (Å²) in [7, 11) is -30.1. The summed E-state index contributed by atoms with van der Waals surface area (Å²) in [4.78, 5) is 194. The lowest BCUT2D eigenvalue weighted by molar-refractivity contribution is -0.256. The van der Waals surface area contributed by atoms with Crippen molar-refractivity contribution in [2.24, 2.45) is 0 Å². The van der Waals surface area contributed by atoms with E-state index in [1.807, 2.05) is 36.2 Å². The van der Waals surface area contributed by atoms with Crippen LogP contribution in [0, 0.1) is 11.8 Å². The molecule has 1 aromatic carbocycles. The van der Waals surface area contributed by atoms with Gasteiger partial charge in [-0.25, -0.2) is 21.6 Å². The van der Waals surface area contributed by atoms with Crippen LogP contribution < -0.4 is 50.6 Å². The maximum atomic E-state index is 14.7. The molecule has 0 spiro atoms. The first kappa shape index (κ1) is 96.6. The van der Waals surface area contributed by atoms with Gasteiger partial charge < -0.3 is 113 Å². The van der Waals surface area contributed by atoms with Crippen molar-refractivity contribution in [1.29, 1.82) is 0 Å². The monoisotopic (exact) mass is 1760 g/mol. The van der Waals surface area contributed by atoms with E-state index in [0.717, 1.165) is 30.5 Å². The first-order valence-electron chi connectivity index (χ1n) is 38.4. The second-order valence-corrected chi connectivity index (χ2v) is 37.5. The van der Waals surface area contributed by atoms with Crippen LogP contribution in [0.3, 0.4) is 0 Å². The van der Waals surface area contributed by atoms with E-state index in [0.29, 0.717) is 103 Å². The predicted octanol–water partition coefficient (Wildman–Crippen LogP) is -2.85. The number of carbonyl (C=O) groups is 8. The number of hydrogen-bond donors (Lipinski definition) is 5. The van der Waals surface area contributed by atoms with E-state index < -0.39 is 126 Å². The molecule has 7 saturated heterocycles. The molecule has 1 aromatic rings. The van der Waals surface area contributed by atoms with Gasteiger partial charge in [-0.15, -0.1) is 0 Å². The molecule has 7 heterocycles. The number of ether oxygens (including phenoxy) is 5. The molecule has 13 unspecified atom stereocenters. The highest BCUT2D eigenvalue weighted by Crippen LogP contribution is 2.70. The van der Waals surface area contributed by atoms with Crippen LogP contribution in [0.4, 0.5) is 0 Å².